The average molecular weight is 231 g/mol. The number of hydrogen-bond donors (Lipinski definition) is 0. The highest BCUT2D eigenvalue weighted by molar-refractivity contribution is 5.80. The van der Waals surface area contributed by atoms with Crippen molar-refractivity contribution in [1.29, 1.82) is 0 Å². The van der Waals surface area contributed by atoms with Crippen LogP contribution in [0, 0.1) is 6.92 Å². The van der Waals surface area contributed by atoms with Crippen LogP contribution in [0.5, 0.6) is 5.75 Å². The van der Waals surface area contributed by atoms with Crippen molar-refractivity contribution in [3.63, 3.8) is 0 Å². The van der Waals surface area contributed by atoms with Crippen molar-refractivity contribution in [3.8, 4) is 5.75 Å². The number of para-hydroxylation sites is 1. The van der Waals surface area contributed by atoms with E-state index in [1.165, 1.54) is 0 Å². The minimum absolute atomic E-state index is 0.305. The largest absolute Gasteiger partial charge is 0.486 e. The molecule has 0 aliphatic carbocycles. The lowest BCUT2D eigenvalue weighted by atomic mass is 10.1. The molecule has 0 radical (unpaired) electrons. The van der Waals surface area contributed by atoms with E-state index in [9.17, 15) is 4.79 Å². The molecule has 0 amide bonds. The number of aromatic nitrogens is 3. The summed E-state index contributed by atoms with van der Waals surface area (Å²) in [5.41, 5.74) is 2.21. The first-order chi connectivity index (χ1) is 8.20. The Morgan fingerprint density at radius 3 is 2.94 bits per heavy atom. The Bertz CT molecular complexity index is 534. The standard InChI is InChI=1S/C12H13N3O2/c1-9-4-3-5-10(7-16)12(9)17-8-11-6-15(2)14-13-11/h3-7H,8H2,1-2H3. The van der Waals surface area contributed by atoms with Gasteiger partial charge < -0.3 is 4.74 Å². The van der Waals surface area contributed by atoms with Crippen LogP contribution in [0.2, 0.25) is 0 Å². The van der Waals surface area contributed by atoms with Crippen LogP contribution in [-0.4, -0.2) is 21.3 Å². The molecule has 1 aromatic heterocycles. The first-order valence-electron chi connectivity index (χ1n) is 5.23. The summed E-state index contributed by atoms with van der Waals surface area (Å²) < 4.78 is 7.22. The van der Waals surface area contributed by atoms with Gasteiger partial charge >= 0.3 is 0 Å². The fourth-order valence-electron chi connectivity index (χ4n) is 1.57. The van der Waals surface area contributed by atoms with Crippen molar-refractivity contribution in [2.24, 2.45) is 7.05 Å². The quantitative estimate of drug-likeness (QED) is 0.748. The van der Waals surface area contributed by atoms with Gasteiger partial charge in [0.05, 0.1) is 11.8 Å². The van der Waals surface area contributed by atoms with Gasteiger partial charge in [0.25, 0.3) is 0 Å². The third kappa shape index (κ3) is 2.50. The number of carbonyl (C=O) groups is 1. The molecule has 0 N–H and O–H groups in total. The Balaban J connectivity index is 2.16. The van der Waals surface area contributed by atoms with Crippen LogP contribution in [-0.2, 0) is 13.7 Å². The lowest BCUT2D eigenvalue weighted by molar-refractivity contribution is 0.111. The summed E-state index contributed by atoms with van der Waals surface area (Å²) in [7, 11) is 1.79. The summed E-state index contributed by atoms with van der Waals surface area (Å²) in [5.74, 6) is 0.605. The minimum Gasteiger partial charge on any atom is -0.486 e. The van der Waals surface area contributed by atoms with Crippen LogP contribution in [0.15, 0.2) is 24.4 Å². The number of aldehydes is 1. The zero-order valence-electron chi connectivity index (χ0n) is 9.75. The molecule has 2 rings (SSSR count). The lowest BCUT2D eigenvalue weighted by Crippen LogP contribution is -2.00. The van der Waals surface area contributed by atoms with Gasteiger partial charge in [0, 0.05) is 7.05 Å². The van der Waals surface area contributed by atoms with Gasteiger partial charge in [-0.05, 0) is 18.6 Å². The van der Waals surface area contributed by atoms with Crippen LogP contribution >= 0.6 is 0 Å². The molecule has 1 aromatic carbocycles. The molecule has 0 saturated carbocycles. The highest BCUT2D eigenvalue weighted by atomic mass is 16.5. The summed E-state index contributed by atoms with van der Waals surface area (Å²) in [6, 6.07) is 5.46. The zero-order chi connectivity index (χ0) is 12.3. The van der Waals surface area contributed by atoms with Gasteiger partial charge in [-0.25, -0.2) is 0 Å². The van der Waals surface area contributed by atoms with Crippen molar-refractivity contribution < 1.29 is 9.53 Å². The van der Waals surface area contributed by atoms with E-state index in [1.807, 2.05) is 19.1 Å². The van der Waals surface area contributed by atoms with Crippen LogP contribution in [0.1, 0.15) is 21.6 Å². The van der Waals surface area contributed by atoms with Gasteiger partial charge in [-0.3, -0.25) is 9.48 Å². The van der Waals surface area contributed by atoms with Crippen LogP contribution < -0.4 is 4.74 Å². The number of ether oxygens (including phenoxy) is 1. The molecule has 0 aliphatic heterocycles. The fourth-order valence-corrected chi connectivity index (χ4v) is 1.57. The summed E-state index contributed by atoms with van der Waals surface area (Å²) in [6.45, 7) is 2.21. The van der Waals surface area contributed by atoms with Crippen molar-refractivity contribution in [3.05, 3.63) is 41.2 Å². The summed E-state index contributed by atoms with van der Waals surface area (Å²) in [6.07, 6.45) is 2.57. The van der Waals surface area contributed by atoms with Crippen LogP contribution in [0.4, 0.5) is 0 Å². The molecule has 0 atom stereocenters. The second kappa shape index (κ2) is 4.78. The predicted octanol–water partition coefficient (Wildman–Crippen LogP) is 1.52. The topological polar surface area (TPSA) is 57.0 Å². The van der Waals surface area contributed by atoms with E-state index in [4.69, 9.17) is 4.74 Å². The normalized spacial score (nSPS) is 10.2. The minimum atomic E-state index is 0.305. The Morgan fingerprint density at radius 1 is 1.47 bits per heavy atom. The van der Waals surface area contributed by atoms with Gasteiger partial charge in [0.15, 0.2) is 6.29 Å². The molecule has 0 aliphatic rings. The SMILES string of the molecule is Cc1cccc(C=O)c1OCc1cn(C)nn1. The van der Waals surface area contributed by atoms with Gasteiger partial charge in [-0.15, -0.1) is 5.10 Å². The molecule has 0 fully saturated rings. The lowest BCUT2D eigenvalue weighted by Gasteiger charge is -2.09. The van der Waals surface area contributed by atoms with E-state index in [2.05, 4.69) is 10.3 Å². The van der Waals surface area contributed by atoms with Crippen LogP contribution in [0.3, 0.4) is 0 Å². The van der Waals surface area contributed by atoms with E-state index in [0.717, 1.165) is 17.5 Å². The first kappa shape index (κ1) is 11.3. The van der Waals surface area contributed by atoms with Crippen molar-refractivity contribution in [2.45, 2.75) is 13.5 Å². The second-order valence-corrected chi connectivity index (χ2v) is 3.78. The Kier molecular flexibility index (Phi) is 3.18. The molecule has 88 valence electrons. The molecule has 2 aromatic rings. The number of nitrogens with zero attached hydrogens (tertiary/aromatic N) is 3. The Hall–Kier alpha value is -2.17. The van der Waals surface area contributed by atoms with Crippen molar-refractivity contribution >= 4 is 6.29 Å². The zero-order valence-corrected chi connectivity index (χ0v) is 9.75. The highest BCUT2D eigenvalue weighted by Gasteiger charge is 2.07. The number of rotatable bonds is 4. The van der Waals surface area contributed by atoms with E-state index in [1.54, 1.807) is 24.0 Å². The summed E-state index contributed by atoms with van der Waals surface area (Å²) in [4.78, 5) is 10.9. The molecule has 1 heterocycles. The predicted molar refractivity (Wildman–Crippen MR) is 61.9 cm³/mol. The smallest absolute Gasteiger partial charge is 0.153 e. The molecule has 5 nitrogen and oxygen atoms in total. The molecule has 0 bridgehead atoms. The third-order valence-electron chi connectivity index (χ3n) is 2.38. The molecule has 0 unspecified atom stereocenters. The van der Waals surface area contributed by atoms with Crippen molar-refractivity contribution in [2.75, 3.05) is 0 Å². The van der Waals surface area contributed by atoms with E-state index in [0.29, 0.717) is 17.9 Å². The Morgan fingerprint density at radius 2 is 2.29 bits per heavy atom. The summed E-state index contributed by atoms with van der Waals surface area (Å²) in [5, 5.41) is 7.73. The molecule has 17 heavy (non-hydrogen) atoms. The molecular formula is C12H13N3O2. The maximum absolute atomic E-state index is 10.9. The van der Waals surface area contributed by atoms with E-state index >= 15 is 0 Å². The Labute approximate surface area is 99.0 Å². The third-order valence-corrected chi connectivity index (χ3v) is 2.38. The number of hydrogen-bond acceptors (Lipinski definition) is 4. The average Bonchev–Trinajstić information content (AvgIpc) is 2.73. The van der Waals surface area contributed by atoms with E-state index < -0.39 is 0 Å². The molecule has 0 spiro atoms. The number of benzene rings is 1. The molecule has 5 heteroatoms. The van der Waals surface area contributed by atoms with Gasteiger partial charge in [-0.2, -0.15) is 0 Å². The van der Waals surface area contributed by atoms with E-state index in [-0.39, 0.29) is 0 Å². The fraction of sp³-hybridized carbons (Fsp3) is 0.250. The maximum atomic E-state index is 10.9. The highest BCUT2D eigenvalue weighted by Crippen LogP contribution is 2.22. The summed E-state index contributed by atoms with van der Waals surface area (Å²) >= 11 is 0. The van der Waals surface area contributed by atoms with Gasteiger partial charge in [0.1, 0.15) is 18.1 Å². The molecule has 0 saturated heterocycles. The van der Waals surface area contributed by atoms with Crippen molar-refractivity contribution in [1.82, 2.24) is 15.0 Å². The molecular weight excluding hydrogens is 218 g/mol. The first-order valence-corrected chi connectivity index (χ1v) is 5.23. The number of carbonyl (C=O) groups excluding carboxylic acids is 1. The van der Waals surface area contributed by atoms with Gasteiger partial charge in [0.2, 0.25) is 0 Å². The number of aryl methyl sites for hydroxylation is 2. The van der Waals surface area contributed by atoms with Gasteiger partial charge in [-0.1, -0.05) is 17.3 Å². The second-order valence-electron chi connectivity index (χ2n) is 3.78. The monoisotopic (exact) mass is 231 g/mol. The van der Waals surface area contributed by atoms with Crippen LogP contribution in [0.25, 0.3) is 0 Å². The maximum Gasteiger partial charge on any atom is 0.153 e.